The van der Waals surface area contributed by atoms with Gasteiger partial charge in [0.05, 0.1) is 33.4 Å². The molecule has 1 unspecified atom stereocenters. The third-order valence-electron chi connectivity index (χ3n) is 4.30. The predicted octanol–water partition coefficient (Wildman–Crippen LogP) is 3.77. The number of nitrogens with one attached hydrogen (secondary N) is 2. The Morgan fingerprint density at radius 1 is 1.17 bits per heavy atom. The summed E-state index contributed by atoms with van der Waals surface area (Å²) >= 11 is 0. The zero-order valence-electron chi connectivity index (χ0n) is 17.2. The van der Waals surface area contributed by atoms with Gasteiger partial charge in [-0.2, -0.15) is 0 Å². The van der Waals surface area contributed by atoms with E-state index in [0.29, 0.717) is 19.0 Å². The zero-order chi connectivity index (χ0) is 20.5. The molecule has 160 valence electrons. The lowest BCUT2D eigenvalue weighted by molar-refractivity contribution is 0.275. The van der Waals surface area contributed by atoms with Gasteiger partial charge < -0.3 is 25.2 Å². The molecule has 2 aromatic rings. The average Bonchev–Trinajstić information content (AvgIpc) is 2.72. The number of benzene rings is 2. The third-order valence-corrected chi connectivity index (χ3v) is 4.30. The van der Waals surface area contributed by atoms with Gasteiger partial charge in [-0.25, -0.2) is 9.38 Å². The Kier molecular flexibility index (Phi) is 10.7. The van der Waals surface area contributed by atoms with E-state index in [1.807, 2.05) is 32.0 Å². The smallest absolute Gasteiger partial charge is 0.192 e. The van der Waals surface area contributed by atoms with Crippen LogP contribution in [0.1, 0.15) is 36.6 Å². The number of hydrogen-bond donors (Lipinski definition) is 3. The molecular formula is C21H29FIN3O3. The van der Waals surface area contributed by atoms with Crippen LogP contribution in [0.4, 0.5) is 4.39 Å². The number of methoxy groups -OCH3 is 2. The van der Waals surface area contributed by atoms with E-state index in [2.05, 4.69) is 15.6 Å². The van der Waals surface area contributed by atoms with Crippen LogP contribution in [0.25, 0.3) is 0 Å². The minimum atomic E-state index is -0.418. The summed E-state index contributed by atoms with van der Waals surface area (Å²) < 4.78 is 24.3. The van der Waals surface area contributed by atoms with E-state index in [4.69, 9.17) is 9.47 Å². The SMILES string of the molecule is CCNC(=NCc1ccc(F)c(CO)c1)NC(C)c1cc(OC)ccc1OC.I. The zero-order valence-corrected chi connectivity index (χ0v) is 19.5. The van der Waals surface area contributed by atoms with E-state index in [1.54, 1.807) is 26.4 Å². The van der Waals surface area contributed by atoms with Crippen LogP contribution in [-0.2, 0) is 13.2 Å². The monoisotopic (exact) mass is 517 g/mol. The van der Waals surface area contributed by atoms with E-state index in [1.165, 1.54) is 6.07 Å². The quantitative estimate of drug-likeness (QED) is 0.283. The van der Waals surface area contributed by atoms with Crippen molar-refractivity contribution in [2.24, 2.45) is 4.99 Å². The highest BCUT2D eigenvalue weighted by Gasteiger charge is 2.14. The fourth-order valence-electron chi connectivity index (χ4n) is 2.80. The summed E-state index contributed by atoms with van der Waals surface area (Å²) in [6, 6.07) is 10.2. The second kappa shape index (κ2) is 12.5. The highest BCUT2D eigenvalue weighted by molar-refractivity contribution is 14.0. The lowest BCUT2D eigenvalue weighted by Crippen LogP contribution is -2.38. The minimum absolute atomic E-state index is 0. The molecule has 0 saturated heterocycles. The van der Waals surface area contributed by atoms with Crippen molar-refractivity contribution in [1.82, 2.24) is 10.6 Å². The summed E-state index contributed by atoms with van der Waals surface area (Å²) in [7, 11) is 3.25. The van der Waals surface area contributed by atoms with Crippen molar-refractivity contribution in [2.45, 2.75) is 33.0 Å². The Morgan fingerprint density at radius 3 is 2.55 bits per heavy atom. The number of guanidine groups is 1. The number of rotatable bonds is 8. The molecule has 0 saturated carbocycles. The van der Waals surface area contributed by atoms with Crippen LogP contribution in [0.3, 0.4) is 0 Å². The van der Waals surface area contributed by atoms with E-state index >= 15 is 0 Å². The maximum absolute atomic E-state index is 13.5. The average molecular weight is 517 g/mol. The molecule has 6 nitrogen and oxygen atoms in total. The third kappa shape index (κ3) is 7.04. The molecule has 0 amide bonds. The van der Waals surface area contributed by atoms with Crippen molar-refractivity contribution in [2.75, 3.05) is 20.8 Å². The topological polar surface area (TPSA) is 75.1 Å². The van der Waals surface area contributed by atoms with Gasteiger partial charge in [0.1, 0.15) is 17.3 Å². The molecule has 0 heterocycles. The van der Waals surface area contributed by atoms with Crippen molar-refractivity contribution in [3.05, 3.63) is 58.9 Å². The van der Waals surface area contributed by atoms with Gasteiger partial charge in [-0.3, -0.25) is 0 Å². The molecule has 29 heavy (non-hydrogen) atoms. The van der Waals surface area contributed by atoms with Gasteiger partial charge in [0.25, 0.3) is 0 Å². The maximum atomic E-state index is 13.5. The minimum Gasteiger partial charge on any atom is -0.497 e. The Labute approximate surface area is 188 Å². The van der Waals surface area contributed by atoms with Gasteiger partial charge in [0, 0.05) is 17.7 Å². The van der Waals surface area contributed by atoms with E-state index < -0.39 is 5.82 Å². The summed E-state index contributed by atoms with van der Waals surface area (Å²) in [4.78, 5) is 4.57. The normalized spacial score (nSPS) is 12.0. The fraction of sp³-hybridized carbons (Fsp3) is 0.381. The first-order valence-electron chi connectivity index (χ1n) is 9.17. The summed E-state index contributed by atoms with van der Waals surface area (Å²) in [5, 5.41) is 15.8. The Bertz CT molecular complexity index is 818. The molecular weight excluding hydrogens is 488 g/mol. The standard InChI is InChI=1S/C21H28FN3O3.HI/c1-5-23-21(24-12-15-6-8-19(22)16(10-15)13-26)25-14(2)18-11-17(27-3)7-9-20(18)28-4;/h6-11,14,26H,5,12-13H2,1-4H3,(H2,23,24,25);1H. The van der Waals surface area contributed by atoms with Crippen molar-refractivity contribution in [3.63, 3.8) is 0 Å². The van der Waals surface area contributed by atoms with Crippen molar-refractivity contribution >= 4 is 29.9 Å². The van der Waals surface area contributed by atoms with Gasteiger partial charge in [-0.1, -0.05) is 6.07 Å². The molecule has 0 radical (unpaired) electrons. The van der Waals surface area contributed by atoms with Crippen LogP contribution in [0, 0.1) is 5.82 Å². The van der Waals surface area contributed by atoms with Gasteiger partial charge in [-0.05, 0) is 49.7 Å². The molecule has 0 fully saturated rings. The number of aliphatic hydroxyl groups is 1. The van der Waals surface area contributed by atoms with Crippen molar-refractivity contribution in [1.29, 1.82) is 0 Å². The first-order chi connectivity index (χ1) is 13.5. The molecule has 0 spiro atoms. The van der Waals surface area contributed by atoms with Gasteiger partial charge >= 0.3 is 0 Å². The highest BCUT2D eigenvalue weighted by Crippen LogP contribution is 2.29. The number of ether oxygens (including phenoxy) is 2. The van der Waals surface area contributed by atoms with E-state index in [9.17, 15) is 9.50 Å². The van der Waals surface area contributed by atoms with Crippen molar-refractivity contribution in [3.8, 4) is 11.5 Å². The van der Waals surface area contributed by atoms with Gasteiger partial charge in [0.15, 0.2) is 5.96 Å². The molecule has 3 N–H and O–H groups in total. The largest absolute Gasteiger partial charge is 0.497 e. The molecule has 0 aromatic heterocycles. The first kappa shape index (κ1) is 25.0. The second-order valence-corrected chi connectivity index (χ2v) is 6.25. The Morgan fingerprint density at radius 2 is 1.93 bits per heavy atom. The van der Waals surface area contributed by atoms with Crippen LogP contribution < -0.4 is 20.1 Å². The first-order valence-corrected chi connectivity index (χ1v) is 9.17. The van der Waals surface area contributed by atoms with E-state index in [-0.39, 0.29) is 42.2 Å². The highest BCUT2D eigenvalue weighted by atomic mass is 127. The molecule has 1 atom stereocenters. The second-order valence-electron chi connectivity index (χ2n) is 6.25. The van der Waals surface area contributed by atoms with Crippen molar-refractivity contribution < 1.29 is 19.0 Å². The summed E-state index contributed by atoms with van der Waals surface area (Å²) in [5.74, 6) is 1.70. The predicted molar refractivity (Wildman–Crippen MR) is 124 cm³/mol. The number of aliphatic hydroxyl groups excluding tert-OH is 1. The van der Waals surface area contributed by atoms with Crippen LogP contribution in [0.15, 0.2) is 41.4 Å². The number of nitrogens with zero attached hydrogens (tertiary/aromatic N) is 1. The molecule has 0 aliphatic carbocycles. The van der Waals surface area contributed by atoms with Crippen LogP contribution >= 0.6 is 24.0 Å². The van der Waals surface area contributed by atoms with Gasteiger partial charge in [-0.15, -0.1) is 24.0 Å². The molecule has 0 bridgehead atoms. The Balaban J connectivity index is 0.00000420. The Hall–Kier alpha value is -2.07. The van der Waals surface area contributed by atoms with Crippen LogP contribution in [-0.4, -0.2) is 31.8 Å². The van der Waals surface area contributed by atoms with Crippen LogP contribution in [0.2, 0.25) is 0 Å². The summed E-state index contributed by atoms with van der Waals surface area (Å²) in [5.41, 5.74) is 2.02. The van der Waals surface area contributed by atoms with Crippen LogP contribution in [0.5, 0.6) is 11.5 Å². The lowest BCUT2D eigenvalue weighted by atomic mass is 10.1. The number of aliphatic imine (C=N–C) groups is 1. The molecule has 8 heteroatoms. The number of hydrogen-bond acceptors (Lipinski definition) is 4. The lowest BCUT2D eigenvalue weighted by Gasteiger charge is -2.21. The molecule has 0 aliphatic rings. The number of halogens is 2. The maximum Gasteiger partial charge on any atom is 0.192 e. The fourth-order valence-corrected chi connectivity index (χ4v) is 2.80. The molecule has 2 rings (SSSR count). The van der Waals surface area contributed by atoms with Gasteiger partial charge in [0.2, 0.25) is 0 Å². The molecule has 2 aromatic carbocycles. The van der Waals surface area contributed by atoms with E-state index in [0.717, 1.165) is 22.6 Å². The molecule has 0 aliphatic heterocycles. The summed E-state index contributed by atoms with van der Waals surface area (Å²) in [6.07, 6.45) is 0. The summed E-state index contributed by atoms with van der Waals surface area (Å²) in [6.45, 7) is 4.69.